The van der Waals surface area contributed by atoms with Crippen LogP contribution in [0.3, 0.4) is 0 Å². The Hall–Kier alpha value is -2.68. The molecule has 0 bridgehead atoms. The third-order valence-electron chi connectivity index (χ3n) is 2.68. The summed E-state index contributed by atoms with van der Waals surface area (Å²) in [6, 6.07) is 17.1. The van der Waals surface area contributed by atoms with Gasteiger partial charge < -0.3 is 5.73 Å². The van der Waals surface area contributed by atoms with Gasteiger partial charge in [-0.05, 0) is 17.2 Å². The lowest BCUT2D eigenvalue weighted by atomic mass is 10.0. The largest absolute Gasteiger partial charge is 0.366 e. The number of amides is 1. The summed E-state index contributed by atoms with van der Waals surface area (Å²) >= 11 is 0. The molecule has 19 heavy (non-hydrogen) atoms. The Morgan fingerprint density at radius 3 is 1.95 bits per heavy atom. The Kier molecular flexibility index (Phi) is 3.88. The van der Waals surface area contributed by atoms with E-state index >= 15 is 0 Å². The third-order valence-corrected chi connectivity index (χ3v) is 2.68. The lowest BCUT2D eigenvalue weighted by Gasteiger charge is -2.02. The summed E-state index contributed by atoms with van der Waals surface area (Å²) in [6.07, 6.45) is 2.24. The van der Waals surface area contributed by atoms with E-state index < -0.39 is 5.91 Å². The van der Waals surface area contributed by atoms with Crippen LogP contribution in [0.1, 0.15) is 10.4 Å². The van der Waals surface area contributed by atoms with Gasteiger partial charge >= 0.3 is 0 Å². The number of hydrogen-bond acceptors (Lipinski definition) is 2. The molecule has 0 unspecified atom stereocenters. The van der Waals surface area contributed by atoms with E-state index in [-0.39, 0.29) is 5.78 Å². The highest BCUT2D eigenvalue weighted by molar-refractivity contribution is 6.07. The minimum Gasteiger partial charge on any atom is -0.366 e. The smallest absolute Gasteiger partial charge is 0.241 e. The maximum atomic E-state index is 11.7. The number of hydrogen-bond donors (Lipinski definition) is 1. The Morgan fingerprint density at radius 1 is 0.789 bits per heavy atom. The van der Waals surface area contributed by atoms with E-state index in [0.29, 0.717) is 5.56 Å². The molecule has 0 fully saturated rings. The van der Waals surface area contributed by atoms with Crippen molar-refractivity contribution in [3.63, 3.8) is 0 Å². The number of primary amides is 1. The van der Waals surface area contributed by atoms with Gasteiger partial charge in [0.25, 0.3) is 0 Å². The van der Waals surface area contributed by atoms with E-state index in [1.807, 2.05) is 42.5 Å². The molecule has 1 amide bonds. The maximum absolute atomic E-state index is 11.7. The highest BCUT2D eigenvalue weighted by Gasteiger charge is 2.03. The standard InChI is InChI=1S/C16H13NO2/c17-16(19)11-10-15(18)14-8-6-13(7-9-14)12-4-2-1-3-5-12/h1-11H,(H2,17,19)/b11-10+. The predicted octanol–water partition coefficient (Wildman–Crippen LogP) is 2.58. The number of carbonyl (C=O) groups excluding carboxylic acids is 2. The molecule has 0 spiro atoms. The van der Waals surface area contributed by atoms with Crippen LogP contribution in [0.15, 0.2) is 66.7 Å². The van der Waals surface area contributed by atoms with Crippen molar-refractivity contribution in [1.29, 1.82) is 0 Å². The number of rotatable bonds is 4. The van der Waals surface area contributed by atoms with Crippen molar-refractivity contribution in [2.45, 2.75) is 0 Å². The first-order valence-corrected chi connectivity index (χ1v) is 5.84. The van der Waals surface area contributed by atoms with Crippen molar-refractivity contribution in [3.8, 4) is 11.1 Å². The van der Waals surface area contributed by atoms with Crippen molar-refractivity contribution in [2.24, 2.45) is 5.73 Å². The monoisotopic (exact) mass is 251 g/mol. The van der Waals surface area contributed by atoms with Crippen LogP contribution >= 0.6 is 0 Å². The van der Waals surface area contributed by atoms with Gasteiger partial charge in [-0.3, -0.25) is 9.59 Å². The van der Waals surface area contributed by atoms with Crippen molar-refractivity contribution in [2.75, 3.05) is 0 Å². The summed E-state index contributed by atoms with van der Waals surface area (Å²) in [7, 11) is 0. The van der Waals surface area contributed by atoms with Gasteiger partial charge in [0.05, 0.1) is 0 Å². The summed E-state index contributed by atoms with van der Waals surface area (Å²) in [5.74, 6) is -0.868. The molecule has 2 aromatic rings. The minimum atomic E-state index is -0.630. The Bertz CT molecular complexity index is 613. The van der Waals surface area contributed by atoms with Gasteiger partial charge in [-0.25, -0.2) is 0 Å². The second-order valence-electron chi connectivity index (χ2n) is 4.04. The van der Waals surface area contributed by atoms with E-state index in [4.69, 9.17) is 5.73 Å². The van der Waals surface area contributed by atoms with Crippen LogP contribution in [-0.4, -0.2) is 11.7 Å². The molecule has 0 atom stereocenters. The summed E-state index contributed by atoms with van der Waals surface area (Å²) in [4.78, 5) is 22.3. The first-order valence-electron chi connectivity index (χ1n) is 5.84. The maximum Gasteiger partial charge on any atom is 0.241 e. The molecular formula is C16H13NO2. The second kappa shape index (κ2) is 5.78. The third kappa shape index (κ3) is 3.39. The zero-order chi connectivity index (χ0) is 13.7. The highest BCUT2D eigenvalue weighted by atomic mass is 16.1. The molecule has 0 heterocycles. The molecule has 0 saturated heterocycles. The minimum absolute atomic E-state index is 0.238. The van der Waals surface area contributed by atoms with Crippen molar-refractivity contribution < 1.29 is 9.59 Å². The molecule has 0 aliphatic rings. The number of nitrogens with two attached hydrogens (primary N) is 1. The van der Waals surface area contributed by atoms with Crippen molar-refractivity contribution in [1.82, 2.24) is 0 Å². The van der Waals surface area contributed by atoms with E-state index in [0.717, 1.165) is 17.2 Å². The molecular weight excluding hydrogens is 238 g/mol. The molecule has 2 aromatic carbocycles. The number of allylic oxidation sites excluding steroid dienone is 1. The van der Waals surface area contributed by atoms with E-state index in [1.165, 1.54) is 6.08 Å². The van der Waals surface area contributed by atoms with Gasteiger partial charge in [0.15, 0.2) is 5.78 Å². The van der Waals surface area contributed by atoms with Crippen molar-refractivity contribution >= 4 is 11.7 Å². The molecule has 0 aliphatic carbocycles. The van der Waals surface area contributed by atoms with Crippen LogP contribution in [0.4, 0.5) is 0 Å². The van der Waals surface area contributed by atoms with Crippen LogP contribution in [0, 0.1) is 0 Å². The summed E-state index contributed by atoms with van der Waals surface area (Å²) in [5.41, 5.74) is 7.60. The molecule has 0 radical (unpaired) electrons. The molecule has 3 nitrogen and oxygen atoms in total. The van der Waals surface area contributed by atoms with Gasteiger partial charge in [0, 0.05) is 11.6 Å². The van der Waals surface area contributed by atoms with E-state index in [2.05, 4.69) is 0 Å². The van der Waals surface area contributed by atoms with Crippen LogP contribution in [-0.2, 0) is 4.79 Å². The number of carbonyl (C=O) groups is 2. The SMILES string of the molecule is NC(=O)/C=C/C(=O)c1ccc(-c2ccccc2)cc1. The number of benzene rings is 2. The van der Waals surface area contributed by atoms with Crippen molar-refractivity contribution in [3.05, 3.63) is 72.3 Å². The second-order valence-corrected chi connectivity index (χ2v) is 4.04. The summed E-state index contributed by atoms with van der Waals surface area (Å²) in [6.45, 7) is 0. The predicted molar refractivity (Wildman–Crippen MR) is 74.5 cm³/mol. The van der Waals surface area contributed by atoms with E-state index in [1.54, 1.807) is 12.1 Å². The van der Waals surface area contributed by atoms with Gasteiger partial charge in [-0.15, -0.1) is 0 Å². The van der Waals surface area contributed by atoms with Gasteiger partial charge in [-0.2, -0.15) is 0 Å². The van der Waals surface area contributed by atoms with Crippen LogP contribution in [0.25, 0.3) is 11.1 Å². The van der Waals surface area contributed by atoms with Crippen LogP contribution < -0.4 is 5.73 Å². The fourth-order valence-corrected chi connectivity index (χ4v) is 1.71. The Morgan fingerprint density at radius 2 is 1.37 bits per heavy atom. The summed E-state index contributed by atoms with van der Waals surface area (Å²) in [5, 5.41) is 0. The first kappa shape index (κ1) is 12.8. The molecule has 0 aromatic heterocycles. The topological polar surface area (TPSA) is 60.2 Å². The molecule has 3 heteroatoms. The lowest BCUT2D eigenvalue weighted by Crippen LogP contribution is -2.06. The average molecular weight is 251 g/mol. The van der Waals surface area contributed by atoms with Crippen LogP contribution in [0.2, 0.25) is 0 Å². The van der Waals surface area contributed by atoms with Crippen LogP contribution in [0.5, 0.6) is 0 Å². The fourth-order valence-electron chi connectivity index (χ4n) is 1.71. The van der Waals surface area contributed by atoms with Gasteiger partial charge in [-0.1, -0.05) is 54.6 Å². The highest BCUT2D eigenvalue weighted by Crippen LogP contribution is 2.19. The zero-order valence-corrected chi connectivity index (χ0v) is 10.2. The van der Waals surface area contributed by atoms with Gasteiger partial charge in [0.1, 0.15) is 0 Å². The Labute approximate surface area is 111 Å². The molecule has 2 rings (SSSR count). The zero-order valence-electron chi connectivity index (χ0n) is 10.2. The summed E-state index contributed by atoms with van der Waals surface area (Å²) < 4.78 is 0. The number of ketones is 1. The normalized spacial score (nSPS) is 10.5. The molecule has 0 saturated carbocycles. The lowest BCUT2D eigenvalue weighted by molar-refractivity contribution is -0.113. The first-order chi connectivity index (χ1) is 9.16. The molecule has 94 valence electrons. The van der Waals surface area contributed by atoms with Gasteiger partial charge in [0.2, 0.25) is 5.91 Å². The Balaban J connectivity index is 2.19. The molecule has 2 N–H and O–H groups in total. The fraction of sp³-hybridized carbons (Fsp3) is 0. The molecule has 0 aliphatic heterocycles. The average Bonchev–Trinajstić information content (AvgIpc) is 2.46. The van der Waals surface area contributed by atoms with E-state index in [9.17, 15) is 9.59 Å². The quantitative estimate of drug-likeness (QED) is 0.670.